The first kappa shape index (κ1) is 15.3. The standard InChI is InChI=1S/C14H22N2O3/c1-9-7-11(16-6-4-5-10(2)17)8-12(13(9)15)14(18)19-3/h7-8,10,16-17H,4-6,15H2,1-3H3. The summed E-state index contributed by atoms with van der Waals surface area (Å²) in [6.45, 7) is 4.35. The monoisotopic (exact) mass is 266 g/mol. The largest absolute Gasteiger partial charge is 0.465 e. The van der Waals surface area contributed by atoms with Crippen molar-refractivity contribution in [1.29, 1.82) is 0 Å². The van der Waals surface area contributed by atoms with Crippen molar-refractivity contribution >= 4 is 17.3 Å². The molecule has 0 spiro atoms. The van der Waals surface area contributed by atoms with Gasteiger partial charge in [-0.1, -0.05) is 0 Å². The number of hydrogen-bond donors (Lipinski definition) is 3. The number of aryl methyl sites for hydroxylation is 1. The Labute approximate surface area is 113 Å². The molecule has 0 bridgehead atoms. The van der Waals surface area contributed by atoms with E-state index in [1.54, 1.807) is 13.0 Å². The molecule has 106 valence electrons. The molecule has 1 aromatic rings. The van der Waals surface area contributed by atoms with E-state index in [9.17, 15) is 9.90 Å². The van der Waals surface area contributed by atoms with Crippen LogP contribution in [0.3, 0.4) is 0 Å². The summed E-state index contributed by atoms with van der Waals surface area (Å²) in [5.41, 5.74) is 8.35. The summed E-state index contributed by atoms with van der Waals surface area (Å²) in [7, 11) is 1.33. The first-order valence-corrected chi connectivity index (χ1v) is 6.36. The van der Waals surface area contributed by atoms with Gasteiger partial charge in [0.1, 0.15) is 0 Å². The average Bonchev–Trinajstić information content (AvgIpc) is 2.37. The summed E-state index contributed by atoms with van der Waals surface area (Å²) in [6.07, 6.45) is 1.31. The number of aliphatic hydroxyl groups excluding tert-OH is 1. The Kier molecular flexibility index (Phi) is 5.63. The predicted molar refractivity (Wildman–Crippen MR) is 76.3 cm³/mol. The minimum absolute atomic E-state index is 0.291. The summed E-state index contributed by atoms with van der Waals surface area (Å²) >= 11 is 0. The number of hydrogen-bond acceptors (Lipinski definition) is 5. The van der Waals surface area contributed by atoms with Crippen molar-refractivity contribution in [2.24, 2.45) is 0 Å². The van der Waals surface area contributed by atoms with E-state index in [-0.39, 0.29) is 6.10 Å². The SMILES string of the molecule is COC(=O)c1cc(NCCCC(C)O)cc(C)c1N. The highest BCUT2D eigenvalue weighted by Gasteiger charge is 2.13. The first-order valence-electron chi connectivity index (χ1n) is 6.36. The number of carbonyl (C=O) groups is 1. The normalized spacial score (nSPS) is 12.0. The quantitative estimate of drug-likeness (QED) is 0.416. The third-order valence-corrected chi connectivity index (χ3v) is 2.92. The van der Waals surface area contributed by atoms with Gasteiger partial charge in [0.05, 0.1) is 18.8 Å². The summed E-state index contributed by atoms with van der Waals surface area (Å²) in [6, 6.07) is 3.58. The first-order chi connectivity index (χ1) is 8.95. The highest BCUT2D eigenvalue weighted by Crippen LogP contribution is 2.23. The van der Waals surface area contributed by atoms with E-state index in [4.69, 9.17) is 10.5 Å². The Bertz CT molecular complexity index is 445. The molecule has 0 radical (unpaired) electrons. The minimum atomic E-state index is -0.437. The van der Waals surface area contributed by atoms with Crippen molar-refractivity contribution in [3.8, 4) is 0 Å². The topological polar surface area (TPSA) is 84.6 Å². The number of ether oxygens (including phenoxy) is 1. The second kappa shape index (κ2) is 6.99. The molecule has 0 aliphatic rings. The molecule has 0 saturated carbocycles. The van der Waals surface area contributed by atoms with Gasteiger partial charge in [-0.05, 0) is 44.4 Å². The highest BCUT2D eigenvalue weighted by atomic mass is 16.5. The van der Waals surface area contributed by atoms with Crippen molar-refractivity contribution in [2.75, 3.05) is 24.7 Å². The van der Waals surface area contributed by atoms with Crippen LogP contribution in [0.1, 0.15) is 35.7 Å². The molecule has 1 unspecified atom stereocenters. The van der Waals surface area contributed by atoms with Crippen LogP contribution in [0.2, 0.25) is 0 Å². The Balaban J connectivity index is 2.74. The zero-order chi connectivity index (χ0) is 14.4. The van der Waals surface area contributed by atoms with Gasteiger partial charge < -0.3 is 20.9 Å². The number of nitrogens with two attached hydrogens (primary N) is 1. The summed E-state index contributed by atoms with van der Waals surface area (Å²) in [5.74, 6) is -0.437. The van der Waals surface area contributed by atoms with Gasteiger partial charge in [0.25, 0.3) is 0 Å². The van der Waals surface area contributed by atoms with E-state index in [0.717, 1.165) is 30.6 Å². The lowest BCUT2D eigenvalue weighted by Gasteiger charge is -2.12. The second-order valence-corrected chi connectivity index (χ2v) is 4.66. The molecule has 0 fully saturated rings. The molecule has 4 N–H and O–H groups in total. The second-order valence-electron chi connectivity index (χ2n) is 4.66. The van der Waals surface area contributed by atoms with Gasteiger partial charge in [-0.25, -0.2) is 4.79 Å². The van der Waals surface area contributed by atoms with E-state index in [1.165, 1.54) is 7.11 Å². The molecule has 0 aliphatic carbocycles. The molecule has 1 rings (SSSR count). The lowest BCUT2D eigenvalue weighted by molar-refractivity contribution is 0.0602. The lowest BCUT2D eigenvalue weighted by atomic mass is 10.1. The molecule has 0 saturated heterocycles. The third-order valence-electron chi connectivity index (χ3n) is 2.92. The number of benzene rings is 1. The van der Waals surface area contributed by atoms with E-state index < -0.39 is 5.97 Å². The molecule has 0 amide bonds. The van der Waals surface area contributed by atoms with E-state index in [2.05, 4.69) is 5.32 Å². The van der Waals surface area contributed by atoms with Gasteiger partial charge in [-0.15, -0.1) is 0 Å². The number of nitrogen functional groups attached to an aromatic ring is 1. The van der Waals surface area contributed by atoms with E-state index in [0.29, 0.717) is 11.3 Å². The summed E-state index contributed by atoms with van der Waals surface area (Å²) in [4.78, 5) is 11.6. The fourth-order valence-corrected chi connectivity index (χ4v) is 1.81. The zero-order valence-electron chi connectivity index (χ0n) is 11.7. The van der Waals surface area contributed by atoms with Gasteiger partial charge in [0, 0.05) is 17.9 Å². The average molecular weight is 266 g/mol. The number of carbonyl (C=O) groups excluding carboxylic acids is 1. The van der Waals surface area contributed by atoms with E-state index in [1.807, 2.05) is 13.0 Å². The van der Waals surface area contributed by atoms with Crippen molar-refractivity contribution < 1.29 is 14.6 Å². The van der Waals surface area contributed by atoms with Gasteiger partial charge in [0.15, 0.2) is 0 Å². The van der Waals surface area contributed by atoms with Gasteiger partial charge in [-0.2, -0.15) is 0 Å². The van der Waals surface area contributed by atoms with Crippen LogP contribution in [0, 0.1) is 6.92 Å². The third kappa shape index (κ3) is 4.44. The number of nitrogens with one attached hydrogen (secondary N) is 1. The number of anilines is 2. The summed E-state index contributed by atoms with van der Waals surface area (Å²) < 4.78 is 4.70. The molecule has 19 heavy (non-hydrogen) atoms. The van der Waals surface area contributed by atoms with Crippen LogP contribution in [-0.2, 0) is 4.74 Å². The Morgan fingerprint density at radius 1 is 1.53 bits per heavy atom. The van der Waals surface area contributed by atoms with Crippen molar-refractivity contribution in [1.82, 2.24) is 0 Å². The van der Waals surface area contributed by atoms with E-state index >= 15 is 0 Å². The molecule has 5 heteroatoms. The maximum absolute atomic E-state index is 11.6. The Morgan fingerprint density at radius 2 is 2.21 bits per heavy atom. The van der Waals surface area contributed by atoms with Gasteiger partial charge in [0.2, 0.25) is 0 Å². The van der Waals surface area contributed by atoms with Crippen LogP contribution < -0.4 is 11.1 Å². The summed E-state index contributed by atoms with van der Waals surface area (Å²) in [5, 5.41) is 12.4. The predicted octanol–water partition coefficient (Wildman–Crippen LogP) is 1.94. The number of rotatable bonds is 6. The fourth-order valence-electron chi connectivity index (χ4n) is 1.81. The molecule has 5 nitrogen and oxygen atoms in total. The fraction of sp³-hybridized carbons (Fsp3) is 0.500. The van der Waals surface area contributed by atoms with Crippen LogP contribution in [0.4, 0.5) is 11.4 Å². The van der Waals surface area contributed by atoms with Crippen molar-refractivity contribution in [3.05, 3.63) is 23.3 Å². The molecular weight excluding hydrogens is 244 g/mol. The molecule has 0 aromatic heterocycles. The van der Waals surface area contributed by atoms with Crippen LogP contribution in [0.5, 0.6) is 0 Å². The maximum Gasteiger partial charge on any atom is 0.340 e. The van der Waals surface area contributed by atoms with Crippen LogP contribution >= 0.6 is 0 Å². The van der Waals surface area contributed by atoms with Crippen molar-refractivity contribution in [2.45, 2.75) is 32.8 Å². The zero-order valence-corrected chi connectivity index (χ0v) is 11.7. The highest BCUT2D eigenvalue weighted by molar-refractivity contribution is 5.97. The molecular formula is C14H22N2O3. The van der Waals surface area contributed by atoms with Crippen LogP contribution in [0.15, 0.2) is 12.1 Å². The van der Waals surface area contributed by atoms with Crippen LogP contribution in [-0.4, -0.2) is 30.8 Å². The molecule has 0 aliphatic heterocycles. The van der Waals surface area contributed by atoms with Gasteiger partial charge in [-0.3, -0.25) is 0 Å². The van der Waals surface area contributed by atoms with Gasteiger partial charge >= 0.3 is 5.97 Å². The molecule has 1 aromatic carbocycles. The number of aliphatic hydroxyl groups is 1. The molecule has 0 heterocycles. The van der Waals surface area contributed by atoms with Crippen LogP contribution in [0.25, 0.3) is 0 Å². The number of methoxy groups -OCH3 is 1. The lowest BCUT2D eigenvalue weighted by Crippen LogP contribution is -2.10. The molecule has 1 atom stereocenters. The minimum Gasteiger partial charge on any atom is -0.465 e. The maximum atomic E-state index is 11.6. The Morgan fingerprint density at radius 3 is 2.79 bits per heavy atom. The Hall–Kier alpha value is -1.75. The van der Waals surface area contributed by atoms with Crippen molar-refractivity contribution in [3.63, 3.8) is 0 Å². The smallest absolute Gasteiger partial charge is 0.340 e. The number of esters is 1.